The molecule has 0 amide bonds. The Morgan fingerprint density at radius 2 is 1.76 bits per heavy atom. The first-order valence-corrected chi connectivity index (χ1v) is 5.27. The number of hydrogen-bond acceptors (Lipinski definition) is 4. The number of carboxylic acid groups (broad SMARTS) is 1. The summed E-state index contributed by atoms with van der Waals surface area (Å²) in [6.07, 6.45) is 0.760. The van der Waals surface area contributed by atoms with Crippen molar-refractivity contribution in [1.29, 1.82) is 0 Å². The number of carbonyl (C=O) groups excluding carboxylic acids is 1. The lowest BCUT2D eigenvalue weighted by Gasteiger charge is -2.10. The number of aliphatic carboxylic acids is 1. The van der Waals surface area contributed by atoms with Crippen LogP contribution in [0.3, 0.4) is 0 Å². The minimum absolute atomic E-state index is 0.141. The van der Waals surface area contributed by atoms with Crippen molar-refractivity contribution in [2.45, 2.75) is 13.3 Å². The van der Waals surface area contributed by atoms with Crippen LogP contribution in [0.5, 0.6) is 11.5 Å². The van der Waals surface area contributed by atoms with Crippen LogP contribution in [0.2, 0.25) is 0 Å². The molecule has 1 aliphatic rings. The van der Waals surface area contributed by atoms with E-state index >= 15 is 0 Å². The molecule has 1 aliphatic heterocycles. The quantitative estimate of drug-likeness (QED) is 0.621. The molecule has 1 N–H and O–H groups in total. The average molecular weight is 236 g/mol. The van der Waals surface area contributed by atoms with E-state index in [2.05, 4.69) is 0 Å². The van der Waals surface area contributed by atoms with Crippen molar-refractivity contribution in [3.8, 4) is 11.5 Å². The Balaban J connectivity index is 2.45. The molecule has 1 aromatic carbocycles. The number of benzene rings is 1. The Kier molecular flexibility index (Phi) is 2.99. The Morgan fingerprint density at radius 1 is 1.18 bits per heavy atom. The van der Waals surface area contributed by atoms with E-state index in [1.54, 1.807) is 13.0 Å². The zero-order valence-electron chi connectivity index (χ0n) is 9.36. The Bertz CT molecular complexity index is 478. The second-order valence-corrected chi connectivity index (χ2v) is 3.80. The molecule has 2 rings (SSSR count). The fourth-order valence-electron chi connectivity index (χ4n) is 1.67. The Hall–Kier alpha value is -2.04. The van der Waals surface area contributed by atoms with Crippen LogP contribution < -0.4 is 9.47 Å². The second kappa shape index (κ2) is 4.45. The van der Waals surface area contributed by atoms with Gasteiger partial charge in [0.2, 0.25) is 0 Å². The molecule has 5 nitrogen and oxygen atoms in total. The van der Waals surface area contributed by atoms with Gasteiger partial charge in [-0.15, -0.1) is 0 Å². The third kappa shape index (κ3) is 2.22. The van der Waals surface area contributed by atoms with E-state index in [1.807, 2.05) is 0 Å². The van der Waals surface area contributed by atoms with Gasteiger partial charge in [-0.2, -0.15) is 0 Å². The predicted molar refractivity (Wildman–Crippen MR) is 58.8 cm³/mol. The number of carboxylic acids is 1. The highest BCUT2D eigenvalue weighted by atomic mass is 16.5. The van der Waals surface area contributed by atoms with E-state index in [-0.39, 0.29) is 5.56 Å². The fourth-order valence-corrected chi connectivity index (χ4v) is 1.67. The van der Waals surface area contributed by atoms with Crippen LogP contribution in [-0.4, -0.2) is 30.1 Å². The van der Waals surface area contributed by atoms with Crippen LogP contribution in [-0.2, 0) is 4.79 Å². The summed E-state index contributed by atoms with van der Waals surface area (Å²) >= 11 is 0. The molecule has 1 aromatic rings. The van der Waals surface area contributed by atoms with Crippen molar-refractivity contribution < 1.29 is 24.2 Å². The van der Waals surface area contributed by atoms with Gasteiger partial charge < -0.3 is 14.6 Å². The SMILES string of the molecule is Cc1cc2c(cc1C(=O)C(=O)O)OCCCO2. The van der Waals surface area contributed by atoms with E-state index < -0.39 is 11.8 Å². The number of fused-ring (bicyclic) bond motifs is 1. The molecule has 17 heavy (non-hydrogen) atoms. The van der Waals surface area contributed by atoms with E-state index in [1.165, 1.54) is 6.07 Å². The largest absolute Gasteiger partial charge is 0.490 e. The first kappa shape index (κ1) is 11.4. The summed E-state index contributed by atoms with van der Waals surface area (Å²) in [6, 6.07) is 3.07. The minimum atomic E-state index is -1.47. The first-order chi connectivity index (χ1) is 8.09. The van der Waals surface area contributed by atoms with Crippen molar-refractivity contribution in [2.75, 3.05) is 13.2 Å². The van der Waals surface area contributed by atoms with Gasteiger partial charge in [0.15, 0.2) is 11.5 Å². The van der Waals surface area contributed by atoms with E-state index in [9.17, 15) is 9.59 Å². The number of ether oxygens (including phenoxy) is 2. The van der Waals surface area contributed by atoms with Crippen molar-refractivity contribution in [3.63, 3.8) is 0 Å². The summed E-state index contributed by atoms with van der Waals surface area (Å²) in [4.78, 5) is 22.1. The monoisotopic (exact) mass is 236 g/mol. The van der Waals surface area contributed by atoms with Crippen molar-refractivity contribution in [2.24, 2.45) is 0 Å². The van der Waals surface area contributed by atoms with Gasteiger partial charge in [-0.25, -0.2) is 4.79 Å². The van der Waals surface area contributed by atoms with Gasteiger partial charge >= 0.3 is 5.97 Å². The highest BCUT2D eigenvalue weighted by Gasteiger charge is 2.21. The van der Waals surface area contributed by atoms with Gasteiger partial charge in [0, 0.05) is 12.0 Å². The van der Waals surface area contributed by atoms with Crippen molar-refractivity contribution in [3.05, 3.63) is 23.3 Å². The minimum Gasteiger partial charge on any atom is -0.490 e. The molecular formula is C12H12O5. The van der Waals surface area contributed by atoms with E-state index in [0.717, 1.165) is 6.42 Å². The van der Waals surface area contributed by atoms with Gasteiger partial charge in [-0.05, 0) is 24.6 Å². The molecule has 0 fully saturated rings. The summed E-state index contributed by atoms with van der Waals surface area (Å²) in [7, 11) is 0. The Morgan fingerprint density at radius 3 is 2.35 bits per heavy atom. The van der Waals surface area contributed by atoms with Gasteiger partial charge in [0.1, 0.15) is 0 Å². The average Bonchev–Trinajstić information content (AvgIpc) is 2.51. The molecule has 90 valence electrons. The molecule has 0 unspecified atom stereocenters. The lowest BCUT2D eigenvalue weighted by molar-refractivity contribution is -0.131. The summed E-state index contributed by atoms with van der Waals surface area (Å²) in [5, 5.41) is 8.70. The number of ketones is 1. The number of rotatable bonds is 2. The lowest BCUT2D eigenvalue weighted by atomic mass is 10.0. The molecule has 0 saturated heterocycles. The summed E-state index contributed by atoms with van der Waals surface area (Å²) < 4.78 is 10.8. The lowest BCUT2D eigenvalue weighted by Crippen LogP contribution is -2.14. The van der Waals surface area contributed by atoms with Crippen LogP contribution >= 0.6 is 0 Å². The topological polar surface area (TPSA) is 72.8 Å². The molecule has 0 radical (unpaired) electrons. The molecule has 0 spiro atoms. The maximum absolute atomic E-state index is 11.4. The van der Waals surface area contributed by atoms with Crippen LogP contribution in [0, 0.1) is 6.92 Å². The molecular weight excluding hydrogens is 224 g/mol. The first-order valence-electron chi connectivity index (χ1n) is 5.27. The van der Waals surface area contributed by atoms with E-state index in [0.29, 0.717) is 30.3 Å². The smallest absolute Gasteiger partial charge is 0.377 e. The number of Topliss-reactive ketones (excluding diaryl/α,β-unsaturated/α-hetero) is 1. The third-order valence-electron chi connectivity index (χ3n) is 2.53. The molecule has 0 atom stereocenters. The van der Waals surface area contributed by atoms with E-state index in [4.69, 9.17) is 14.6 Å². The van der Waals surface area contributed by atoms with Gasteiger partial charge in [0.25, 0.3) is 5.78 Å². The molecule has 0 bridgehead atoms. The molecule has 0 saturated carbocycles. The zero-order valence-corrected chi connectivity index (χ0v) is 9.36. The standard InChI is InChI=1S/C12H12O5/c1-7-5-9-10(17-4-2-3-16-9)6-8(7)11(13)12(14)15/h5-6H,2-4H2,1H3,(H,14,15). The second-order valence-electron chi connectivity index (χ2n) is 3.80. The van der Waals surface area contributed by atoms with Gasteiger partial charge in [-0.3, -0.25) is 4.79 Å². The highest BCUT2D eigenvalue weighted by molar-refractivity contribution is 6.40. The predicted octanol–water partition coefficient (Wildman–Crippen LogP) is 1.42. The van der Waals surface area contributed by atoms with Crippen molar-refractivity contribution in [1.82, 2.24) is 0 Å². The van der Waals surface area contributed by atoms with Crippen molar-refractivity contribution >= 4 is 11.8 Å². The maximum Gasteiger partial charge on any atom is 0.377 e. The molecule has 1 heterocycles. The van der Waals surface area contributed by atoms with Crippen LogP contribution in [0.25, 0.3) is 0 Å². The molecule has 0 aromatic heterocycles. The summed E-state index contributed by atoms with van der Waals surface area (Å²) in [5.74, 6) is -1.42. The summed E-state index contributed by atoms with van der Waals surface area (Å²) in [6.45, 7) is 2.72. The maximum atomic E-state index is 11.4. The normalized spacial score (nSPS) is 13.9. The summed E-state index contributed by atoms with van der Waals surface area (Å²) in [5.41, 5.74) is 0.711. The zero-order chi connectivity index (χ0) is 12.4. The molecule has 0 aliphatic carbocycles. The van der Waals surface area contributed by atoms with Crippen LogP contribution in [0.1, 0.15) is 22.3 Å². The number of aryl methyl sites for hydroxylation is 1. The third-order valence-corrected chi connectivity index (χ3v) is 2.53. The number of hydrogen-bond donors (Lipinski definition) is 1. The highest BCUT2D eigenvalue weighted by Crippen LogP contribution is 2.32. The Labute approximate surface area is 98.0 Å². The molecule has 5 heteroatoms. The van der Waals surface area contributed by atoms with Crippen LogP contribution in [0.15, 0.2) is 12.1 Å². The van der Waals surface area contributed by atoms with Crippen LogP contribution in [0.4, 0.5) is 0 Å². The number of carbonyl (C=O) groups is 2. The van der Waals surface area contributed by atoms with Gasteiger partial charge in [0.05, 0.1) is 13.2 Å². The van der Waals surface area contributed by atoms with Gasteiger partial charge in [-0.1, -0.05) is 0 Å². The fraction of sp³-hybridized carbons (Fsp3) is 0.333.